The second kappa shape index (κ2) is 45.2. The summed E-state index contributed by atoms with van der Waals surface area (Å²) in [5, 5.41) is 0. The Bertz CT molecular complexity index is 3980. The van der Waals surface area contributed by atoms with E-state index in [1.807, 2.05) is 105 Å². The second-order valence-electron chi connectivity index (χ2n) is 24.6. The number of aromatic nitrogens is 7. The van der Waals surface area contributed by atoms with Gasteiger partial charge < -0.3 is 0 Å². The van der Waals surface area contributed by atoms with Crippen LogP contribution in [-0.2, 0) is 70.6 Å². The lowest BCUT2D eigenvalue weighted by molar-refractivity contribution is -0.138. The number of halogens is 9. The summed E-state index contributed by atoms with van der Waals surface area (Å²) in [7, 11) is -10.1. The van der Waals surface area contributed by atoms with Crippen LogP contribution in [0.15, 0.2) is 145 Å². The van der Waals surface area contributed by atoms with Gasteiger partial charge in [-0.2, -0.15) is 39.5 Å². The molecule has 0 saturated heterocycles. The van der Waals surface area contributed by atoms with E-state index in [0.717, 1.165) is 56.7 Å². The molecular formula is C73H102F9N7O7S7. The van der Waals surface area contributed by atoms with Crippen molar-refractivity contribution in [3.63, 3.8) is 0 Å². The van der Waals surface area contributed by atoms with E-state index in [-0.39, 0.29) is 56.4 Å². The molecule has 0 radical (unpaired) electrons. The Hall–Kier alpha value is -5.53. The fourth-order valence-electron chi connectivity index (χ4n) is 8.94. The van der Waals surface area contributed by atoms with Crippen molar-refractivity contribution < 1.29 is 69.0 Å². The molecule has 103 heavy (non-hydrogen) atoms. The van der Waals surface area contributed by atoms with Gasteiger partial charge in [-0.05, 0) is 119 Å². The highest BCUT2D eigenvalue weighted by atomic mass is 32.2. The average molecular weight is 1590 g/mol. The number of rotatable bonds is 21. The van der Waals surface area contributed by atoms with Crippen LogP contribution in [0.25, 0.3) is 0 Å². The minimum absolute atomic E-state index is 0.0530. The molecular weight excluding hydrogens is 1480 g/mol. The Morgan fingerprint density at radius 2 is 0.728 bits per heavy atom. The molecule has 0 fully saturated rings. The van der Waals surface area contributed by atoms with E-state index in [4.69, 9.17) is 0 Å². The number of thioether (sulfide) groups is 2. The van der Waals surface area contributed by atoms with E-state index < -0.39 is 87.3 Å². The molecule has 0 spiro atoms. The molecule has 3 unspecified atom stereocenters. The molecule has 0 amide bonds. The molecule has 14 nitrogen and oxygen atoms in total. The number of pyridine rings is 7. The van der Waals surface area contributed by atoms with Gasteiger partial charge in [0.1, 0.15) is 0 Å². The first-order valence-electron chi connectivity index (χ1n) is 33.6. The Balaban J connectivity index is 0.000000603. The zero-order valence-corrected chi connectivity index (χ0v) is 68.3. The van der Waals surface area contributed by atoms with Crippen molar-refractivity contribution in [2.24, 2.45) is 0 Å². The molecule has 7 rings (SSSR count). The van der Waals surface area contributed by atoms with Gasteiger partial charge in [-0.1, -0.05) is 145 Å². The van der Waals surface area contributed by atoms with Gasteiger partial charge >= 0.3 is 18.5 Å². The van der Waals surface area contributed by atoms with E-state index >= 15 is 0 Å². The largest absolute Gasteiger partial charge is 0.417 e. The molecule has 0 saturated carbocycles. The van der Waals surface area contributed by atoms with Crippen LogP contribution in [0, 0.1) is 0 Å². The Morgan fingerprint density at radius 1 is 0.369 bits per heavy atom. The summed E-state index contributed by atoms with van der Waals surface area (Å²) in [6.45, 7) is 40.1. The third kappa shape index (κ3) is 31.4. The first-order chi connectivity index (χ1) is 47.8. The Morgan fingerprint density at radius 3 is 1.17 bits per heavy atom. The van der Waals surface area contributed by atoms with Crippen molar-refractivity contribution in [1.82, 2.24) is 34.9 Å². The monoisotopic (exact) mass is 1580 g/mol. The van der Waals surface area contributed by atoms with Gasteiger partial charge in [0.2, 0.25) is 0 Å². The summed E-state index contributed by atoms with van der Waals surface area (Å²) < 4.78 is 195. The van der Waals surface area contributed by atoms with Gasteiger partial charge in [0, 0.05) is 82.8 Å². The predicted octanol–water partition coefficient (Wildman–Crippen LogP) is 20.7. The van der Waals surface area contributed by atoms with Crippen LogP contribution >= 0.6 is 23.5 Å². The zero-order chi connectivity index (χ0) is 79.1. The Labute approximate surface area is 621 Å². The summed E-state index contributed by atoms with van der Waals surface area (Å²) in [6.07, 6.45) is -0.291. The third-order valence-corrected chi connectivity index (χ3v) is 23.8. The number of alkyl halides is 9. The molecule has 576 valence electrons. The number of hydrogen-bond donors (Lipinski definition) is 0. The van der Waals surface area contributed by atoms with Gasteiger partial charge in [-0.3, -0.25) is 47.5 Å². The summed E-state index contributed by atoms with van der Waals surface area (Å²) >= 11 is 3.27. The summed E-state index contributed by atoms with van der Waals surface area (Å²) in [5.41, 5.74) is 3.00. The molecule has 3 atom stereocenters. The second-order valence-corrected chi connectivity index (χ2v) is 36.8. The molecule has 30 heteroatoms. The van der Waals surface area contributed by atoms with Gasteiger partial charge in [0.05, 0.1) is 114 Å². The maximum absolute atomic E-state index is 12.6. The van der Waals surface area contributed by atoms with Crippen LogP contribution in [0.4, 0.5) is 39.5 Å². The standard InChI is InChI=1S/C11H14F3NO2S.C11H14F3NOS.C11H14F3NS.C10H15NO2S.2C10H15NOS.C10H15NS/c1-4-18(16,17)9-5-8(11(12,13)14)6-15-10(9)7(2)3;1-4-17(16)9-5-8(11(12,13)14)6-15-10(9)7(2)3;1-4-16-9-5-8(11(12,13)14)6-15-10(9)7(2)3;1-4-14(12,13)9-6-5-7-11-10(9)8(2)3;1-4-13(12)10-7-11-6-5-9(10)8(2)3;1-4-13(12)9-6-5-7-11-10(9)8(2)3;1-4-12-10-7-11-6-5-9(10)8(2)3/h5-7H,4H2,1-3H3;5-7H,4H2,1-3H3;5-7H,4H2,1-3H3;5-8H,4H2,1-3H3;2*5-8H,4H2,1-3H3;5-8H,4H2,1-3H3. The highest BCUT2D eigenvalue weighted by molar-refractivity contribution is 7.99. The van der Waals surface area contributed by atoms with Gasteiger partial charge in [-0.25, -0.2) is 16.8 Å². The number of hydrogen-bond acceptors (Lipinski definition) is 16. The van der Waals surface area contributed by atoms with Crippen molar-refractivity contribution >= 4 is 75.6 Å². The van der Waals surface area contributed by atoms with Crippen LogP contribution in [0.5, 0.6) is 0 Å². The number of sulfone groups is 2. The highest BCUT2D eigenvalue weighted by Gasteiger charge is 2.35. The van der Waals surface area contributed by atoms with Crippen LogP contribution < -0.4 is 0 Å². The topological polar surface area (TPSA) is 210 Å². The van der Waals surface area contributed by atoms with E-state index in [0.29, 0.717) is 62.7 Å². The van der Waals surface area contributed by atoms with Crippen LogP contribution in [0.2, 0.25) is 0 Å². The van der Waals surface area contributed by atoms with E-state index in [9.17, 15) is 69.0 Å². The molecule has 7 aromatic heterocycles. The molecule has 0 aliphatic heterocycles. The van der Waals surface area contributed by atoms with Gasteiger partial charge in [0.15, 0.2) is 19.7 Å². The van der Waals surface area contributed by atoms with Crippen molar-refractivity contribution in [2.45, 2.75) is 240 Å². The molecule has 0 aliphatic carbocycles. The summed E-state index contributed by atoms with van der Waals surface area (Å²) in [5.74, 6) is 4.62. The van der Waals surface area contributed by atoms with Crippen molar-refractivity contribution in [3.05, 3.63) is 167 Å². The van der Waals surface area contributed by atoms with Crippen LogP contribution in [-0.4, -0.2) is 105 Å². The lowest BCUT2D eigenvalue weighted by atomic mass is 10.1. The zero-order valence-electron chi connectivity index (χ0n) is 62.6. The van der Waals surface area contributed by atoms with Crippen LogP contribution in [0.1, 0.15) is 243 Å². The first-order valence-corrected chi connectivity index (χ1v) is 42.9. The van der Waals surface area contributed by atoms with Crippen LogP contribution in [0.3, 0.4) is 0 Å². The molecule has 7 aromatic rings. The van der Waals surface area contributed by atoms with Crippen molar-refractivity contribution in [2.75, 3.05) is 40.3 Å². The molecule has 0 bridgehead atoms. The fourth-order valence-corrected chi connectivity index (χ4v) is 16.5. The summed E-state index contributed by atoms with van der Waals surface area (Å²) in [4.78, 5) is 31.9. The highest BCUT2D eigenvalue weighted by Crippen LogP contribution is 2.37. The van der Waals surface area contributed by atoms with E-state index in [2.05, 4.69) is 89.4 Å². The Kier molecular flexibility index (Phi) is 41.9. The van der Waals surface area contributed by atoms with Gasteiger partial charge in [0.25, 0.3) is 0 Å². The van der Waals surface area contributed by atoms with Gasteiger partial charge in [-0.15, -0.1) is 23.5 Å². The fraction of sp³-hybridized carbons (Fsp3) is 0.521. The van der Waals surface area contributed by atoms with Crippen molar-refractivity contribution in [3.8, 4) is 0 Å². The predicted molar refractivity (Wildman–Crippen MR) is 402 cm³/mol. The maximum atomic E-state index is 12.6. The minimum atomic E-state index is -4.60. The quantitative estimate of drug-likeness (QED) is 0.0484. The third-order valence-electron chi connectivity index (χ3n) is 14.4. The average Bonchev–Trinajstić information content (AvgIpc) is 0.796. The maximum Gasteiger partial charge on any atom is 0.417 e. The number of nitrogens with zero attached hydrogens (tertiary/aromatic N) is 7. The summed E-state index contributed by atoms with van der Waals surface area (Å²) in [6, 6.07) is 13.9. The first kappa shape index (κ1) is 95.5. The smallest absolute Gasteiger partial charge is 0.264 e. The SMILES string of the molecule is CCS(=O)(=O)c1cc(C(F)(F)F)cnc1C(C)C.CCS(=O)(=O)c1cccnc1C(C)C.CCS(=O)c1cc(C(F)(F)F)cnc1C(C)C.CCS(=O)c1cccnc1C(C)C.CCS(=O)c1cnccc1C(C)C.CCSc1cc(C(F)(F)F)cnc1C(C)C.CCSc1cnccc1C(C)C. The minimum Gasteiger partial charge on any atom is -0.264 e. The molecule has 0 aromatic carbocycles. The molecule has 7 heterocycles. The molecule has 0 N–H and O–H groups in total. The van der Waals surface area contributed by atoms with E-state index in [1.165, 1.54) is 35.2 Å². The van der Waals surface area contributed by atoms with E-state index in [1.54, 1.807) is 64.6 Å². The molecule has 0 aliphatic rings. The van der Waals surface area contributed by atoms with Crippen molar-refractivity contribution in [1.29, 1.82) is 0 Å². The lowest BCUT2D eigenvalue weighted by Crippen LogP contribution is -2.14. The lowest BCUT2D eigenvalue weighted by Gasteiger charge is -2.14. The normalized spacial score (nSPS) is 12.7.